The van der Waals surface area contributed by atoms with Crippen molar-refractivity contribution >= 4 is 5.97 Å². The van der Waals surface area contributed by atoms with Gasteiger partial charge < -0.3 is 5.11 Å². The zero-order valence-corrected chi connectivity index (χ0v) is 9.48. The maximum Gasteiger partial charge on any atom is 0.307 e. The fourth-order valence-corrected chi connectivity index (χ4v) is 2.60. The van der Waals surface area contributed by atoms with Crippen molar-refractivity contribution < 1.29 is 9.90 Å². The van der Waals surface area contributed by atoms with Crippen LogP contribution < -0.4 is 0 Å². The Morgan fingerprint density at radius 1 is 1.60 bits per heavy atom. The van der Waals surface area contributed by atoms with Crippen LogP contribution in [0.4, 0.5) is 0 Å². The third-order valence-electron chi connectivity index (χ3n) is 3.48. The van der Waals surface area contributed by atoms with Gasteiger partial charge in [0.15, 0.2) is 0 Å². The first-order valence-electron chi connectivity index (χ1n) is 5.08. The van der Waals surface area contributed by atoms with E-state index in [2.05, 4.69) is 5.10 Å². The lowest BCUT2D eigenvalue weighted by Crippen LogP contribution is -2.03. The predicted molar refractivity (Wildman–Crippen MR) is 55.6 cm³/mol. The molecule has 2 atom stereocenters. The Kier molecular flexibility index (Phi) is 1.93. The Labute approximate surface area is 88.9 Å². The van der Waals surface area contributed by atoms with Crippen molar-refractivity contribution in [2.24, 2.45) is 18.4 Å². The third-order valence-corrected chi connectivity index (χ3v) is 3.48. The van der Waals surface area contributed by atoms with Crippen LogP contribution in [0.3, 0.4) is 0 Å². The van der Waals surface area contributed by atoms with E-state index in [0.29, 0.717) is 0 Å². The van der Waals surface area contributed by atoms with E-state index < -0.39 is 5.97 Å². The van der Waals surface area contributed by atoms with Crippen molar-refractivity contribution in [2.75, 3.05) is 0 Å². The van der Waals surface area contributed by atoms with Gasteiger partial charge in [-0.05, 0) is 17.9 Å². The average molecular weight is 208 g/mol. The molecule has 2 rings (SSSR count). The third kappa shape index (κ3) is 1.35. The first-order valence-corrected chi connectivity index (χ1v) is 5.08. The van der Waals surface area contributed by atoms with Crippen LogP contribution in [-0.2, 0) is 11.8 Å². The average Bonchev–Trinajstić information content (AvgIpc) is 2.48. The molecule has 1 fully saturated rings. The van der Waals surface area contributed by atoms with Gasteiger partial charge in [0.2, 0.25) is 0 Å². The summed E-state index contributed by atoms with van der Waals surface area (Å²) in [7, 11) is 1.86. The Balaban J connectivity index is 2.35. The molecule has 0 aromatic carbocycles. The Morgan fingerprint density at radius 3 is 2.53 bits per heavy atom. The quantitative estimate of drug-likeness (QED) is 0.802. The zero-order valence-electron chi connectivity index (χ0n) is 9.48. The molecule has 0 saturated heterocycles. The van der Waals surface area contributed by atoms with Gasteiger partial charge in [0, 0.05) is 19.2 Å². The molecule has 15 heavy (non-hydrogen) atoms. The monoisotopic (exact) mass is 208 g/mol. The number of aromatic nitrogens is 2. The number of aryl methyl sites for hydroxylation is 2. The highest BCUT2D eigenvalue weighted by molar-refractivity contribution is 5.77. The van der Waals surface area contributed by atoms with Crippen LogP contribution in [0.15, 0.2) is 6.20 Å². The van der Waals surface area contributed by atoms with E-state index in [-0.39, 0.29) is 17.3 Å². The predicted octanol–water partition coefficient (Wildman–Crippen LogP) is 1.55. The summed E-state index contributed by atoms with van der Waals surface area (Å²) in [5.41, 5.74) is 1.88. The maximum atomic E-state index is 11.1. The van der Waals surface area contributed by atoms with E-state index in [1.807, 2.05) is 34.0 Å². The van der Waals surface area contributed by atoms with Gasteiger partial charge in [-0.1, -0.05) is 13.8 Å². The minimum atomic E-state index is -0.701. The summed E-state index contributed by atoms with van der Waals surface area (Å²) in [5, 5.41) is 13.3. The van der Waals surface area contributed by atoms with Crippen LogP contribution in [-0.4, -0.2) is 20.9 Å². The second kappa shape index (κ2) is 2.84. The smallest absolute Gasteiger partial charge is 0.307 e. The summed E-state index contributed by atoms with van der Waals surface area (Å²) in [6.07, 6.45) is 1.94. The molecule has 1 heterocycles. The second-order valence-electron chi connectivity index (χ2n) is 4.96. The molecule has 1 aliphatic rings. The summed E-state index contributed by atoms with van der Waals surface area (Å²) in [6.45, 7) is 5.94. The molecule has 1 saturated carbocycles. The number of carbonyl (C=O) groups is 1. The first-order chi connectivity index (χ1) is 6.85. The molecule has 1 aromatic heterocycles. The van der Waals surface area contributed by atoms with Gasteiger partial charge in [-0.15, -0.1) is 0 Å². The first kappa shape index (κ1) is 10.2. The molecule has 82 valence electrons. The van der Waals surface area contributed by atoms with Crippen LogP contribution in [0, 0.1) is 18.3 Å². The van der Waals surface area contributed by atoms with Gasteiger partial charge >= 0.3 is 5.97 Å². The molecule has 1 aromatic rings. The Hall–Kier alpha value is -1.32. The van der Waals surface area contributed by atoms with Crippen molar-refractivity contribution in [3.05, 3.63) is 17.5 Å². The number of nitrogens with zero attached hydrogens (tertiary/aromatic N) is 2. The number of carboxylic acid groups (broad SMARTS) is 1. The molecule has 0 aliphatic heterocycles. The highest BCUT2D eigenvalue weighted by atomic mass is 16.4. The molecular formula is C11H16N2O2. The lowest BCUT2D eigenvalue weighted by atomic mass is 10.0. The minimum absolute atomic E-state index is 0.115. The Morgan fingerprint density at radius 2 is 2.20 bits per heavy atom. The van der Waals surface area contributed by atoms with Crippen LogP contribution in [0.25, 0.3) is 0 Å². The van der Waals surface area contributed by atoms with Crippen molar-refractivity contribution in [3.8, 4) is 0 Å². The van der Waals surface area contributed by atoms with Gasteiger partial charge in [0.05, 0.1) is 11.6 Å². The number of aliphatic carboxylic acids is 1. The van der Waals surface area contributed by atoms with E-state index in [9.17, 15) is 4.79 Å². The van der Waals surface area contributed by atoms with Crippen molar-refractivity contribution in [1.29, 1.82) is 0 Å². The van der Waals surface area contributed by atoms with Gasteiger partial charge in [-0.3, -0.25) is 9.48 Å². The highest BCUT2D eigenvalue weighted by Gasteiger charge is 2.63. The molecule has 0 amide bonds. The van der Waals surface area contributed by atoms with E-state index in [4.69, 9.17) is 5.11 Å². The van der Waals surface area contributed by atoms with Gasteiger partial charge in [0.1, 0.15) is 0 Å². The van der Waals surface area contributed by atoms with E-state index in [1.54, 1.807) is 4.68 Å². The normalized spacial score (nSPS) is 27.7. The summed E-state index contributed by atoms with van der Waals surface area (Å²) in [6, 6.07) is 0. The summed E-state index contributed by atoms with van der Waals surface area (Å²) >= 11 is 0. The Bertz CT molecular complexity index is 420. The van der Waals surface area contributed by atoms with Gasteiger partial charge in [0.25, 0.3) is 0 Å². The molecule has 0 spiro atoms. The van der Waals surface area contributed by atoms with Crippen molar-refractivity contribution in [3.63, 3.8) is 0 Å². The number of rotatable bonds is 2. The van der Waals surface area contributed by atoms with Crippen LogP contribution in [0.2, 0.25) is 0 Å². The molecule has 4 nitrogen and oxygen atoms in total. The lowest BCUT2D eigenvalue weighted by Gasteiger charge is -1.99. The number of hydrogen-bond donors (Lipinski definition) is 1. The molecule has 2 unspecified atom stereocenters. The zero-order chi connectivity index (χ0) is 11.4. The molecule has 0 bridgehead atoms. The fraction of sp³-hybridized carbons (Fsp3) is 0.636. The van der Waals surface area contributed by atoms with Crippen LogP contribution >= 0.6 is 0 Å². The lowest BCUT2D eigenvalue weighted by molar-refractivity contribution is -0.139. The topological polar surface area (TPSA) is 55.1 Å². The van der Waals surface area contributed by atoms with Crippen LogP contribution in [0.5, 0.6) is 0 Å². The van der Waals surface area contributed by atoms with E-state index in [1.165, 1.54) is 0 Å². The standard InChI is InChI=1S/C11H16N2O2/c1-6-7(5-13(4)12-6)8-9(10(14)15)11(8,2)3/h5,8-9H,1-4H3,(H,14,15). The SMILES string of the molecule is Cc1nn(C)cc1C1C(C(=O)O)C1(C)C. The largest absolute Gasteiger partial charge is 0.481 e. The van der Waals surface area contributed by atoms with Crippen molar-refractivity contribution in [2.45, 2.75) is 26.7 Å². The van der Waals surface area contributed by atoms with E-state index >= 15 is 0 Å². The minimum Gasteiger partial charge on any atom is -0.481 e. The van der Waals surface area contributed by atoms with E-state index in [0.717, 1.165) is 11.3 Å². The van der Waals surface area contributed by atoms with Gasteiger partial charge in [-0.2, -0.15) is 5.10 Å². The fourth-order valence-electron chi connectivity index (χ4n) is 2.60. The van der Waals surface area contributed by atoms with Gasteiger partial charge in [-0.25, -0.2) is 0 Å². The van der Waals surface area contributed by atoms with Crippen LogP contribution in [0.1, 0.15) is 31.0 Å². The molecule has 0 radical (unpaired) electrons. The molecule has 1 N–H and O–H groups in total. The summed E-state index contributed by atoms with van der Waals surface area (Å²) in [5.74, 6) is -0.850. The molecule has 1 aliphatic carbocycles. The molecule has 4 heteroatoms. The summed E-state index contributed by atoms with van der Waals surface area (Å²) in [4.78, 5) is 11.1. The molecular weight excluding hydrogens is 192 g/mol. The number of carboxylic acids is 1. The summed E-state index contributed by atoms with van der Waals surface area (Å²) < 4.78 is 1.75. The maximum absolute atomic E-state index is 11.1. The number of hydrogen-bond acceptors (Lipinski definition) is 2. The second-order valence-corrected chi connectivity index (χ2v) is 4.96. The highest BCUT2D eigenvalue weighted by Crippen LogP contribution is 2.64. The van der Waals surface area contributed by atoms with Crippen molar-refractivity contribution in [1.82, 2.24) is 9.78 Å².